The van der Waals surface area contributed by atoms with Crippen molar-refractivity contribution >= 4 is 25.3 Å². The van der Waals surface area contributed by atoms with E-state index in [0.29, 0.717) is 25.8 Å². The average molecular weight is 512 g/mol. The van der Waals surface area contributed by atoms with Gasteiger partial charge >= 0.3 is 6.09 Å². The summed E-state index contributed by atoms with van der Waals surface area (Å²) in [6.07, 6.45) is 6.01. The number of nitrogens with zero attached hydrogens (tertiary/aromatic N) is 1. The van der Waals surface area contributed by atoms with E-state index in [1.54, 1.807) is 19.9 Å². The van der Waals surface area contributed by atoms with Crippen LogP contribution < -0.4 is 10.6 Å². The maximum absolute atomic E-state index is 13.6. The molecule has 1 saturated heterocycles. The summed E-state index contributed by atoms with van der Waals surface area (Å²) in [5, 5.41) is 4.38. The van der Waals surface area contributed by atoms with Crippen LogP contribution in [0.5, 0.6) is 0 Å². The van der Waals surface area contributed by atoms with Gasteiger partial charge in [0.25, 0.3) is 0 Å². The maximum atomic E-state index is 13.6. The van der Waals surface area contributed by atoms with E-state index in [1.807, 2.05) is 20.8 Å². The molecule has 3 fully saturated rings. The van der Waals surface area contributed by atoms with Gasteiger partial charge in [-0.1, -0.05) is 40.7 Å². The first-order chi connectivity index (χ1) is 16.2. The monoisotopic (exact) mass is 511 g/mol. The zero-order chi connectivity index (χ0) is 26.2. The molecule has 3 rings (SSSR count). The Labute approximate surface area is 208 Å². The number of ether oxygens (including phenoxy) is 1. The highest BCUT2D eigenvalue weighted by Crippen LogP contribution is 2.71. The molecule has 35 heavy (non-hydrogen) atoms. The number of nitrogens with one attached hydrogen (secondary N) is 2. The molecule has 2 aliphatic carbocycles. The second-order valence-electron chi connectivity index (χ2n) is 11.6. The van der Waals surface area contributed by atoms with Crippen LogP contribution in [0.25, 0.3) is 0 Å². The molecular weight excluding hydrogens is 469 g/mol. The molecule has 0 aromatic heterocycles. The van der Waals surface area contributed by atoms with Gasteiger partial charge in [-0.15, -0.1) is 6.58 Å². The Balaban J connectivity index is 1.74. The molecule has 0 radical (unpaired) electrons. The van der Waals surface area contributed by atoms with Gasteiger partial charge in [0.2, 0.25) is 19.2 Å². The largest absolute Gasteiger partial charge is 0.446 e. The van der Waals surface area contributed by atoms with Crippen molar-refractivity contribution in [2.75, 3.05) is 6.54 Å². The summed E-state index contributed by atoms with van der Waals surface area (Å²) < 4.78 is 18.7. The molecule has 5 atom stereocenters. The molecule has 9 nitrogen and oxygen atoms in total. The van der Waals surface area contributed by atoms with Crippen LogP contribution in [0, 0.1) is 11.3 Å². The van der Waals surface area contributed by atoms with E-state index in [0.717, 1.165) is 25.7 Å². The summed E-state index contributed by atoms with van der Waals surface area (Å²) in [5.74, 6) is -1.07. The SMILES string of the molecule is C=C[C@@H]1C[C@]1(NC(=O)[C@@H]1CCCN1C(=O)C(NC(=O)OC1CCCC1)C(C)(C)C)P(=O)(O)C(C)C. The zero-order valence-corrected chi connectivity index (χ0v) is 22.6. The Hall–Kier alpha value is -1.86. The highest BCUT2D eigenvalue weighted by atomic mass is 31.2. The van der Waals surface area contributed by atoms with E-state index in [2.05, 4.69) is 17.2 Å². The van der Waals surface area contributed by atoms with Crippen LogP contribution in [0.3, 0.4) is 0 Å². The van der Waals surface area contributed by atoms with Gasteiger partial charge in [0, 0.05) is 18.1 Å². The van der Waals surface area contributed by atoms with Crippen molar-refractivity contribution in [2.24, 2.45) is 11.3 Å². The van der Waals surface area contributed by atoms with E-state index in [-0.39, 0.29) is 17.9 Å². The van der Waals surface area contributed by atoms with Crippen molar-refractivity contribution in [2.45, 2.75) is 109 Å². The first kappa shape index (κ1) is 27.7. The maximum Gasteiger partial charge on any atom is 0.408 e. The van der Waals surface area contributed by atoms with Crippen molar-refractivity contribution in [3.63, 3.8) is 0 Å². The number of amides is 3. The summed E-state index contributed by atoms with van der Waals surface area (Å²) >= 11 is 0. The first-order valence-corrected chi connectivity index (χ1v) is 14.5. The van der Waals surface area contributed by atoms with E-state index in [9.17, 15) is 23.8 Å². The highest BCUT2D eigenvalue weighted by molar-refractivity contribution is 7.60. The highest BCUT2D eigenvalue weighted by Gasteiger charge is 2.66. The summed E-state index contributed by atoms with van der Waals surface area (Å²) in [4.78, 5) is 51.9. The fraction of sp³-hybridized carbons (Fsp3) is 0.800. The lowest BCUT2D eigenvalue weighted by Crippen LogP contribution is -2.58. The Kier molecular flexibility index (Phi) is 8.12. The molecule has 198 valence electrons. The van der Waals surface area contributed by atoms with Crippen LogP contribution in [-0.2, 0) is 18.9 Å². The van der Waals surface area contributed by atoms with E-state index in [4.69, 9.17) is 4.74 Å². The smallest absolute Gasteiger partial charge is 0.408 e. The van der Waals surface area contributed by atoms with E-state index < -0.39 is 47.8 Å². The topological polar surface area (TPSA) is 125 Å². The van der Waals surface area contributed by atoms with Gasteiger partial charge in [0.1, 0.15) is 23.5 Å². The normalized spacial score (nSPS) is 29.4. The molecule has 3 aliphatic rings. The third-order valence-corrected chi connectivity index (χ3v) is 10.8. The summed E-state index contributed by atoms with van der Waals surface area (Å²) in [6.45, 7) is 13.0. The number of alkyl carbamates (subject to hydrolysis) is 1. The Bertz CT molecular complexity index is 894. The number of carbonyl (C=O) groups excluding carboxylic acids is 3. The van der Waals surface area contributed by atoms with Gasteiger partial charge in [-0.25, -0.2) is 4.79 Å². The number of hydrogen-bond donors (Lipinski definition) is 3. The number of likely N-dealkylation sites (tertiary alicyclic amines) is 1. The zero-order valence-electron chi connectivity index (χ0n) is 21.7. The lowest BCUT2D eigenvalue weighted by atomic mass is 9.85. The lowest BCUT2D eigenvalue weighted by Gasteiger charge is -2.36. The Morgan fingerprint density at radius 3 is 2.31 bits per heavy atom. The molecule has 2 saturated carbocycles. The predicted octanol–water partition coefficient (Wildman–Crippen LogP) is 3.76. The number of hydrogen-bond acceptors (Lipinski definition) is 5. The lowest BCUT2D eigenvalue weighted by molar-refractivity contribution is -0.142. The van der Waals surface area contributed by atoms with E-state index in [1.165, 1.54) is 4.90 Å². The molecule has 3 N–H and O–H groups in total. The van der Waals surface area contributed by atoms with Crippen molar-refractivity contribution in [3.05, 3.63) is 12.7 Å². The summed E-state index contributed by atoms with van der Waals surface area (Å²) in [7, 11) is -3.73. The fourth-order valence-electron chi connectivity index (χ4n) is 5.33. The van der Waals surface area contributed by atoms with Crippen LogP contribution in [0.2, 0.25) is 0 Å². The number of rotatable bonds is 8. The van der Waals surface area contributed by atoms with Crippen LogP contribution in [0.4, 0.5) is 4.79 Å². The average Bonchev–Trinajstić information content (AvgIpc) is 3.11. The van der Waals surface area contributed by atoms with Gasteiger partial charge in [0.15, 0.2) is 0 Å². The second-order valence-corrected chi connectivity index (χ2v) is 14.7. The van der Waals surface area contributed by atoms with Crippen molar-refractivity contribution in [3.8, 4) is 0 Å². The molecule has 0 bridgehead atoms. The van der Waals surface area contributed by atoms with Gasteiger partial charge < -0.3 is 25.2 Å². The van der Waals surface area contributed by atoms with Gasteiger partial charge in [-0.05, 0) is 50.4 Å². The molecule has 3 amide bonds. The van der Waals surface area contributed by atoms with Crippen LogP contribution in [0.1, 0.15) is 79.6 Å². The van der Waals surface area contributed by atoms with Crippen LogP contribution >= 0.6 is 7.37 Å². The molecule has 0 aromatic carbocycles. The molecule has 2 unspecified atom stereocenters. The quantitative estimate of drug-likeness (QED) is 0.337. The minimum absolute atomic E-state index is 0.126. The van der Waals surface area contributed by atoms with Crippen molar-refractivity contribution in [1.82, 2.24) is 15.5 Å². The summed E-state index contributed by atoms with van der Waals surface area (Å²) in [5.41, 5.74) is -1.13. The molecule has 0 spiro atoms. The van der Waals surface area contributed by atoms with E-state index >= 15 is 0 Å². The molecular formula is C25H42N3O6P. The minimum Gasteiger partial charge on any atom is -0.446 e. The van der Waals surface area contributed by atoms with Gasteiger partial charge in [-0.3, -0.25) is 14.2 Å². The molecule has 10 heteroatoms. The number of carbonyl (C=O) groups is 3. The third-order valence-electron chi connectivity index (χ3n) is 7.67. The third kappa shape index (κ3) is 5.61. The van der Waals surface area contributed by atoms with Gasteiger partial charge in [-0.2, -0.15) is 0 Å². The van der Waals surface area contributed by atoms with Crippen molar-refractivity contribution in [1.29, 1.82) is 0 Å². The van der Waals surface area contributed by atoms with Crippen LogP contribution in [-0.4, -0.2) is 63.4 Å². The fourth-order valence-corrected chi connectivity index (χ4v) is 7.56. The second kappa shape index (κ2) is 10.3. The predicted molar refractivity (Wildman–Crippen MR) is 134 cm³/mol. The minimum atomic E-state index is -3.73. The Morgan fingerprint density at radius 1 is 1.17 bits per heavy atom. The first-order valence-electron chi connectivity index (χ1n) is 12.8. The van der Waals surface area contributed by atoms with Crippen molar-refractivity contribution < 1.29 is 28.6 Å². The summed E-state index contributed by atoms with van der Waals surface area (Å²) in [6, 6.07) is -1.64. The Morgan fingerprint density at radius 2 is 1.80 bits per heavy atom. The molecule has 1 heterocycles. The molecule has 0 aromatic rings. The molecule has 1 aliphatic heterocycles. The van der Waals surface area contributed by atoms with Gasteiger partial charge in [0.05, 0.1) is 0 Å². The van der Waals surface area contributed by atoms with Crippen LogP contribution in [0.15, 0.2) is 12.7 Å². The standard InChI is InChI=1S/C25H42N3O6P/c1-7-17-15-25(17,35(32,33)16(2)3)27-21(29)19-13-10-14-28(19)22(30)20(24(4,5)6)26-23(31)34-18-11-8-9-12-18/h7,16-20H,1,8-15H2,2-6H3,(H,26,31)(H,27,29)(H,32,33)/t17-,19+,20?,25+/m1/s1.